The fourth-order valence-corrected chi connectivity index (χ4v) is 1.44. The van der Waals surface area contributed by atoms with Gasteiger partial charge in [0.1, 0.15) is 6.61 Å². The summed E-state index contributed by atoms with van der Waals surface area (Å²) in [7, 11) is 0. The lowest BCUT2D eigenvalue weighted by atomic mass is 10.2. The van der Waals surface area contributed by atoms with E-state index in [-0.39, 0.29) is 0 Å². The molecule has 1 aliphatic heterocycles. The molecule has 0 fully saturated rings. The van der Waals surface area contributed by atoms with E-state index in [0.29, 0.717) is 24.2 Å². The number of halogens is 1. The van der Waals surface area contributed by atoms with E-state index in [1.54, 1.807) is 0 Å². The number of anilines is 1. The van der Waals surface area contributed by atoms with Crippen LogP contribution < -0.4 is 5.32 Å². The average molecular weight is 211 g/mol. The van der Waals surface area contributed by atoms with Crippen LogP contribution in [0.25, 0.3) is 0 Å². The van der Waals surface area contributed by atoms with Gasteiger partial charge in [-0.05, 0) is 18.6 Å². The fourth-order valence-electron chi connectivity index (χ4n) is 1.27. The van der Waals surface area contributed by atoms with Crippen LogP contribution in [-0.4, -0.2) is 19.2 Å². The Morgan fingerprint density at radius 2 is 2.36 bits per heavy atom. The van der Waals surface area contributed by atoms with Crippen molar-refractivity contribution in [2.24, 2.45) is 4.99 Å². The summed E-state index contributed by atoms with van der Waals surface area (Å²) in [5.41, 5.74) is 1.88. The first-order valence-corrected chi connectivity index (χ1v) is 4.84. The molecule has 14 heavy (non-hydrogen) atoms. The van der Waals surface area contributed by atoms with Crippen LogP contribution in [0.3, 0.4) is 0 Å². The van der Waals surface area contributed by atoms with Gasteiger partial charge < -0.3 is 10.1 Å². The lowest BCUT2D eigenvalue weighted by molar-refractivity contribution is 0.346. The van der Waals surface area contributed by atoms with Crippen LogP contribution >= 0.6 is 11.6 Å². The van der Waals surface area contributed by atoms with Crippen LogP contribution in [0.1, 0.15) is 5.56 Å². The zero-order chi connectivity index (χ0) is 9.97. The Morgan fingerprint density at radius 1 is 1.50 bits per heavy atom. The zero-order valence-electron chi connectivity index (χ0n) is 7.88. The third-order valence-electron chi connectivity index (χ3n) is 2.02. The largest absolute Gasteiger partial charge is 0.463 e. The van der Waals surface area contributed by atoms with Crippen LogP contribution in [-0.2, 0) is 4.74 Å². The molecule has 0 atom stereocenters. The molecular formula is C10H11ClN2O. The highest BCUT2D eigenvalue weighted by molar-refractivity contribution is 6.34. The monoisotopic (exact) mass is 210 g/mol. The van der Waals surface area contributed by atoms with Crippen molar-refractivity contribution in [2.75, 3.05) is 18.5 Å². The molecule has 4 heteroatoms. The number of aliphatic imine (C=N–C) groups is 1. The van der Waals surface area contributed by atoms with Gasteiger partial charge in [0.25, 0.3) is 6.02 Å². The van der Waals surface area contributed by atoms with Crippen molar-refractivity contribution in [2.45, 2.75) is 6.92 Å². The SMILES string of the molecule is Cc1cccc(NC2=NCCO2)c1Cl. The molecule has 0 unspecified atom stereocenters. The van der Waals surface area contributed by atoms with Gasteiger partial charge in [0.15, 0.2) is 0 Å². The number of hydrogen-bond acceptors (Lipinski definition) is 3. The predicted octanol–water partition coefficient (Wildman–Crippen LogP) is 2.45. The van der Waals surface area contributed by atoms with E-state index in [2.05, 4.69) is 10.3 Å². The predicted molar refractivity (Wildman–Crippen MR) is 58.1 cm³/mol. The molecule has 0 radical (unpaired) electrons. The number of rotatable bonds is 1. The third-order valence-corrected chi connectivity index (χ3v) is 2.52. The molecule has 0 saturated carbocycles. The Labute approximate surface area is 87.7 Å². The molecule has 0 aliphatic carbocycles. The third kappa shape index (κ3) is 1.82. The van der Waals surface area contributed by atoms with E-state index in [9.17, 15) is 0 Å². The van der Waals surface area contributed by atoms with E-state index in [4.69, 9.17) is 16.3 Å². The summed E-state index contributed by atoms with van der Waals surface area (Å²) in [4.78, 5) is 4.13. The van der Waals surface area contributed by atoms with Gasteiger partial charge in [0.05, 0.1) is 17.3 Å². The molecule has 0 spiro atoms. The maximum Gasteiger partial charge on any atom is 0.289 e. The minimum absolute atomic E-state index is 0.553. The number of nitrogens with one attached hydrogen (secondary N) is 1. The van der Waals surface area contributed by atoms with Crippen LogP contribution in [0.4, 0.5) is 5.69 Å². The van der Waals surface area contributed by atoms with Gasteiger partial charge in [-0.25, -0.2) is 4.99 Å². The van der Waals surface area contributed by atoms with E-state index in [1.807, 2.05) is 25.1 Å². The Morgan fingerprint density at radius 3 is 3.07 bits per heavy atom. The maximum atomic E-state index is 6.10. The second-order valence-electron chi connectivity index (χ2n) is 3.10. The minimum atomic E-state index is 0.553. The normalized spacial score (nSPS) is 14.9. The lowest BCUT2D eigenvalue weighted by Crippen LogP contribution is -2.12. The zero-order valence-corrected chi connectivity index (χ0v) is 8.64. The number of nitrogens with zero attached hydrogens (tertiary/aromatic N) is 1. The van der Waals surface area contributed by atoms with Gasteiger partial charge in [-0.2, -0.15) is 0 Å². The van der Waals surface area contributed by atoms with Crippen molar-refractivity contribution in [3.63, 3.8) is 0 Å². The van der Waals surface area contributed by atoms with E-state index in [0.717, 1.165) is 11.3 Å². The molecule has 1 aliphatic rings. The van der Waals surface area contributed by atoms with Crippen molar-refractivity contribution in [1.82, 2.24) is 0 Å². The number of ether oxygens (including phenoxy) is 1. The fraction of sp³-hybridized carbons (Fsp3) is 0.300. The Hall–Kier alpha value is -1.22. The van der Waals surface area contributed by atoms with Crippen LogP contribution in [0.2, 0.25) is 5.02 Å². The van der Waals surface area contributed by atoms with Crippen LogP contribution in [0, 0.1) is 6.92 Å². The number of amidine groups is 1. The molecule has 3 nitrogen and oxygen atoms in total. The summed E-state index contributed by atoms with van der Waals surface area (Å²) in [5, 5.41) is 3.76. The summed E-state index contributed by atoms with van der Waals surface area (Å²) in [6.07, 6.45) is 0. The standard InChI is InChI=1S/C10H11ClN2O/c1-7-3-2-4-8(9(7)11)13-10-12-5-6-14-10/h2-4H,5-6H2,1H3,(H,12,13). The second-order valence-corrected chi connectivity index (χ2v) is 3.47. The molecule has 0 aromatic heterocycles. The molecule has 74 valence electrons. The summed E-state index contributed by atoms with van der Waals surface area (Å²) in [6.45, 7) is 3.32. The highest BCUT2D eigenvalue weighted by Gasteiger charge is 2.09. The summed E-state index contributed by atoms with van der Waals surface area (Å²) < 4.78 is 5.23. The molecule has 1 aromatic rings. The number of aryl methyl sites for hydroxylation is 1. The van der Waals surface area contributed by atoms with Crippen molar-refractivity contribution in [1.29, 1.82) is 0 Å². The molecule has 0 bridgehead atoms. The molecule has 0 amide bonds. The molecule has 1 N–H and O–H groups in total. The lowest BCUT2D eigenvalue weighted by Gasteiger charge is -2.08. The van der Waals surface area contributed by atoms with Crippen molar-refractivity contribution >= 4 is 23.3 Å². The van der Waals surface area contributed by atoms with Crippen molar-refractivity contribution < 1.29 is 4.74 Å². The molecular weight excluding hydrogens is 200 g/mol. The van der Waals surface area contributed by atoms with Crippen molar-refractivity contribution in [3.8, 4) is 0 Å². The first-order chi connectivity index (χ1) is 6.77. The molecule has 2 rings (SSSR count). The first kappa shape index (κ1) is 9.34. The Balaban J connectivity index is 2.20. The van der Waals surface area contributed by atoms with Gasteiger partial charge in [0, 0.05) is 0 Å². The quantitative estimate of drug-likeness (QED) is 0.773. The van der Waals surface area contributed by atoms with Gasteiger partial charge in [-0.1, -0.05) is 23.7 Å². The van der Waals surface area contributed by atoms with Crippen LogP contribution in [0.5, 0.6) is 0 Å². The first-order valence-electron chi connectivity index (χ1n) is 4.47. The highest BCUT2D eigenvalue weighted by atomic mass is 35.5. The summed E-state index contributed by atoms with van der Waals surface area (Å²) in [6, 6.07) is 6.36. The number of benzene rings is 1. The van der Waals surface area contributed by atoms with Crippen molar-refractivity contribution in [3.05, 3.63) is 28.8 Å². The van der Waals surface area contributed by atoms with Gasteiger partial charge in [0.2, 0.25) is 0 Å². The molecule has 0 saturated heterocycles. The smallest absolute Gasteiger partial charge is 0.289 e. The van der Waals surface area contributed by atoms with Gasteiger partial charge in [-0.15, -0.1) is 0 Å². The highest BCUT2D eigenvalue weighted by Crippen LogP contribution is 2.25. The van der Waals surface area contributed by atoms with E-state index < -0.39 is 0 Å². The number of hydrogen-bond donors (Lipinski definition) is 1. The summed E-state index contributed by atoms with van der Waals surface area (Å²) in [5.74, 6) is 0. The summed E-state index contributed by atoms with van der Waals surface area (Å²) >= 11 is 6.10. The Bertz CT molecular complexity index is 376. The average Bonchev–Trinajstić information content (AvgIpc) is 2.66. The van der Waals surface area contributed by atoms with Gasteiger partial charge >= 0.3 is 0 Å². The molecule has 1 heterocycles. The van der Waals surface area contributed by atoms with Gasteiger partial charge in [-0.3, -0.25) is 0 Å². The molecule has 1 aromatic carbocycles. The maximum absolute atomic E-state index is 6.10. The second kappa shape index (κ2) is 3.88. The van der Waals surface area contributed by atoms with E-state index >= 15 is 0 Å². The minimum Gasteiger partial charge on any atom is -0.463 e. The topological polar surface area (TPSA) is 33.6 Å². The van der Waals surface area contributed by atoms with E-state index in [1.165, 1.54) is 0 Å². The van der Waals surface area contributed by atoms with Crippen LogP contribution in [0.15, 0.2) is 23.2 Å². The Kier molecular flexibility index (Phi) is 2.59.